The van der Waals surface area contributed by atoms with Gasteiger partial charge >= 0.3 is 0 Å². The predicted octanol–water partition coefficient (Wildman–Crippen LogP) is 1.94. The lowest BCUT2D eigenvalue weighted by Gasteiger charge is -1.94. The third-order valence-corrected chi connectivity index (χ3v) is 0.819. The maximum Gasteiger partial charge on any atom is 0.0866 e. The average molecular weight is 140 g/mol. The predicted molar refractivity (Wildman–Crippen MR) is 46.2 cm³/mol. The molecule has 1 N–H and O–H groups in total. The number of hydrogen-bond donors (Lipinski definition) is 1. The van der Waals surface area contributed by atoms with Crippen molar-refractivity contribution in [2.75, 3.05) is 0 Å². The minimum Gasteiger partial charge on any atom is -0.353 e. The van der Waals surface area contributed by atoms with E-state index in [9.17, 15) is 0 Å². The second-order valence-electron chi connectivity index (χ2n) is 2.76. The Kier molecular flexibility index (Phi) is 4.63. The van der Waals surface area contributed by atoms with Crippen LogP contribution in [0.3, 0.4) is 0 Å². The SMILES string of the molecule is CC(C)=CNC=NC(C)C. The Hall–Kier alpha value is -0.790. The number of aliphatic imine (C=N–C) groups is 1. The molecule has 0 bridgehead atoms. The zero-order valence-electron chi connectivity index (χ0n) is 7.18. The summed E-state index contributed by atoms with van der Waals surface area (Å²) in [6, 6.07) is 0.373. The summed E-state index contributed by atoms with van der Waals surface area (Å²) in [5, 5.41) is 2.96. The second kappa shape index (κ2) is 5.03. The first-order valence-corrected chi connectivity index (χ1v) is 3.54. The highest BCUT2D eigenvalue weighted by Crippen LogP contribution is 1.83. The molecule has 0 saturated carbocycles. The molecule has 0 fully saturated rings. The number of hydrogen-bond acceptors (Lipinski definition) is 1. The molecule has 0 unspecified atom stereocenters. The minimum atomic E-state index is 0.373. The fourth-order valence-corrected chi connectivity index (χ4v) is 0.396. The number of nitrogens with one attached hydrogen (secondary N) is 1. The Morgan fingerprint density at radius 2 is 2.00 bits per heavy atom. The van der Waals surface area contributed by atoms with Crippen LogP contribution in [-0.4, -0.2) is 12.4 Å². The lowest BCUT2D eigenvalue weighted by Crippen LogP contribution is -2.03. The average Bonchev–Trinajstić information content (AvgIpc) is 1.79. The van der Waals surface area contributed by atoms with Gasteiger partial charge in [0.25, 0.3) is 0 Å². The molecule has 0 amide bonds. The van der Waals surface area contributed by atoms with E-state index in [0.29, 0.717) is 6.04 Å². The second-order valence-corrected chi connectivity index (χ2v) is 2.76. The van der Waals surface area contributed by atoms with E-state index in [-0.39, 0.29) is 0 Å². The Balaban J connectivity index is 3.45. The molecule has 0 aromatic carbocycles. The third kappa shape index (κ3) is 7.21. The molecule has 0 rings (SSSR count). The lowest BCUT2D eigenvalue weighted by molar-refractivity contribution is 0.835. The van der Waals surface area contributed by atoms with Gasteiger partial charge < -0.3 is 5.32 Å². The van der Waals surface area contributed by atoms with Crippen LogP contribution in [0.4, 0.5) is 0 Å². The summed E-state index contributed by atoms with van der Waals surface area (Å²) in [7, 11) is 0. The summed E-state index contributed by atoms with van der Waals surface area (Å²) < 4.78 is 0. The highest BCUT2D eigenvalue weighted by Gasteiger charge is 1.80. The maximum atomic E-state index is 4.12. The van der Waals surface area contributed by atoms with Crippen molar-refractivity contribution in [1.29, 1.82) is 0 Å². The minimum absolute atomic E-state index is 0.373. The van der Waals surface area contributed by atoms with Crippen LogP contribution >= 0.6 is 0 Å². The normalized spacial score (nSPS) is 10.5. The Morgan fingerprint density at radius 3 is 2.40 bits per heavy atom. The molecule has 2 heteroatoms. The van der Waals surface area contributed by atoms with Crippen molar-refractivity contribution in [3.05, 3.63) is 11.8 Å². The summed E-state index contributed by atoms with van der Waals surface area (Å²) in [5.41, 5.74) is 1.25. The van der Waals surface area contributed by atoms with Crippen molar-refractivity contribution >= 4 is 6.34 Å². The van der Waals surface area contributed by atoms with Crippen LogP contribution in [0, 0.1) is 0 Å². The number of allylic oxidation sites excluding steroid dienone is 1. The van der Waals surface area contributed by atoms with Crippen LogP contribution in [0.1, 0.15) is 27.7 Å². The first-order valence-electron chi connectivity index (χ1n) is 3.54. The molecular weight excluding hydrogens is 124 g/mol. The van der Waals surface area contributed by atoms with Gasteiger partial charge in [0.05, 0.1) is 6.34 Å². The molecule has 0 aliphatic carbocycles. The summed E-state index contributed by atoms with van der Waals surface area (Å²) in [4.78, 5) is 4.12. The molecule has 2 nitrogen and oxygen atoms in total. The van der Waals surface area contributed by atoms with E-state index in [4.69, 9.17) is 0 Å². The summed E-state index contributed by atoms with van der Waals surface area (Å²) in [6.07, 6.45) is 3.64. The van der Waals surface area contributed by atoms with E-state index in [2.05, 4.69) is 10.3 Å². The topological polar surface area (TPSA) is 24.4 Å². The standard InChI is InChI=1S/C8H16N2/c1-7(2)5-9-6-10-8(3)4/h5-6,8H,1-4H3,(H,9,10). The Labute approximate surface area is 63.0 Å². The van der Waals surface area contributed by atoms with Gasteiger partial charge in [-0.3, -0.25) is 4.99 Å². The molecule has 0 aromatic rings. The zero-order valence-corrected chi connectivity index (χ0v) is 7.18. The zero-order chi connectivity index (χ0) is 7.98. The van der Waals surface area contributed by atoms with Crippen LogP contribution in [0.15, 0.2) is 16.8 Å². The van der Waals surface area contributed by atoms with Crippen LogP contribution in [0.5, 0.6) is 0 Å². The third-order valence-electron chi connectivity index (χ3n) is 0.819. The van der Waals surface area contributed by atoms with Crippen LogP contribution in [0.25, 0.3) is 0 Å². The summed E-state index contributed by atoms with van der Waals surface area (Å²) >= 11 is 0. The summed E-state index contributed by atoms with van der Waals surface area (Å²) in [6.45, 7) is 8.16. The van der Waals surface area contributed by atoms with Crippen molar-refractivity contribution in [2.24, 2.45) is 4.99 Å². The molecule has 0 atom stereocenters. The highest BCUT2D eigenvalue weighted by molar-refractivity contribution is 5.56. The van der Waals surface area contributed by atoms with Gasteiger partial charge in [0, 0.05) is 12.2 Å². The molecule has 0 spiro atoms. The van der Waals surface area contributed by atoms with Crippen molar-refractivity contribution in [1.82, 2.24) is 5.32 Å². The van der Waals surface area contributed by atoms with Crippen molar-refractivity contribution in [3.8, 4) is 0 Å². The molecule has 0 aliphatic rings. The van der Waals surface area contributed by atoms with E-state index in [0.717, 1.165) is 0 Å². The molecule has 0 radical (unpaired) electrons. The summed E-state index contributed by atoms with van der Waals surface area (Å²) in [5.74, 6) is 0. The van der Waals surface area contributed by atoms with E-state index in [1.807, 2.05) is 33.9 Å². The molecule has 10 heavy (non-hydrogen) atoms. The Morgan fingerprint density at radius 1 is 1.40 bits per heavy atom. The van der Waals surface area contributed by atoms with E-state index in [1.165, 1.54) is 5.57 Å². The fourth-order valence-electron chi connectivity index (χ4n) is 0.396. The first kappa shape index (κ1) is 9.21. The van der Waals surface area contributed by atoms with Gasteiger partial charge in [-0.2, -0.15) is 0 Å². The van der Waals surface area contributed by atoms with Crippen molar-refractivity contribution in [3.63, 3.8) is 0 Å². The van der Waals surface area contributed by atoms with Gasteiger partial charge in [0.2, 0.25) is 0 Å². The molecule has 0 saturated heterocycles. The van der Waals surface area contributed by atoms with E-state index in [1.54, 1.807) is 6.34 Å². The molecule has 0 heterocycles. The molecule has 58 valence electrons. The fraction of sp³-hybridized carbons (Fsp3) is 0.625. The smallest absolute Gasteiger partial charge is 0.0866 e. The maximum absolute atomic E-state index is 4.12. The highest BCUT2D eigenvalue weighted by atomic mass is 14.9. The van der Waals surface area contributed by atoms with Gasteiger partial charge in [0.15, 0.2) is 0 Å². The number of nitrogens with zero attached hydrogens (tertiary/aromatic N) is 1. The van der Waals surface area contributed by atoms with E-state index < -0.39 is 0 Å². The van der Waals surface area contributed by atoms with Gasteiger partial charge in [-0.1, -0.05) is 5.57 Å². The van der Waals surface area contributed by atoms with E-state index >= 15 is 0 Å². The van der Waals surface area contributed by atoms with Crippen molar-refractivity contribution in [2.45, 2.75) is 33.7 Å². The van der Waals surface area contributed by atoms with Crippen LogP contribution < -0.4 is 5.32 Å². The molecule has 0 aromatic heterocycles. The monoisotopic (exact) mass is 140 g/mol. The molecular formula is C8H16N2. The lowest BCUT2D eigenvalue weighted by atomic mass is 10.4. The van der Waals surface area contributed by atoms with Gasteiger partial charge in [0.1, 0.15) is 0 Å². The van der Waals surface area contributed by atoms with Gasteiger partial charge in [-0.15, -0.1) is 0 Å². The largest absolute Gasteiger partial charge is 0.353 e. The van der Waals surface area contributed by atoms with Gasteiger partial charge in [-0.25, -0.2) is 0 Å². The number of rotatable bonds is 3. The van der Waals surface area contributed by atoms with Crippen LogP contribution in [0.2, 0.25) is 0 Å². The first-order chi connectivity index (χ1) is 4.63. The van der Waals surface area contributed by atoms with Gasteiger partial charge in [-0.05, 0) is 27.7 Å². The quantitative estimate of drug-likeness (QED) is 0.470. The Bertz CT molecular complexity index is 130. The molecule has 0 aliphatic heterocycles. The van der Waals surface area contributed by atoms with Crippen molar-refractivity contribution < 1.29 is 0 Å². The van der Waals surface area contributed by atoms with Crippen LogP contribution in [-0.2, 0) is 0 Å².